The Morgan fingerprint density at radius 2 is 1.31 bits per heavy atom. The third-order valence-electron chi connectivity index (χ3n) is 24.5. The Labute approximate surface area is 819 Å². The van der Waals surface area contributed by atoms with E-state index in [1.807, 2.05) is 0 Å². The van der Waals surface area contributed by atoms with Gasteiger partial charge in [-0.05, 0) is 140 Å². The average molecular weight is 2050 g/mol. The van der Waals surface area contributed by atoms with Crippen LogP contribution in [0.4, 0.5) is 19.0 Å². The second-order valence-corrected chi connectivity index (χ2v) is 36.2. The van der Waals surface area contributed by atoms with Crippen molar-refractivity contribution in [1.29, 1.82) is 0 Å². The minimum absolute atomic E-state index is 0.119. The van der Waals surface area contributed by atoms with Gasteiger partial charge >= 0.3 is 18.0 Å². The normalized spacial score (nSPS) is 27.6. The summed E-state index contributed by atoms with van der Waals surface area (Å²) in [5.41, 5.74) is 5.94. The van der Waals surface area contributed by atoms with Crippen molar-refractivity contribution in [3.8, 4) is 62.9 Å². The molecule has 9 heterocycles. The predicted molar refractivity (Wildman–Crippen MR) is 487 cm³/mol. The number of amides is 8. The van der Waals surface area contributed by atoms with E-state index in [9.17, 15) is 109 Å². The van der Waals surface area contributed by atoms with E-state index in [0.29, 0.717) is 0 Å². The zero-order valence-electron chi connectivity index (χ0n) is 76.6. The summed E-state index contributed by atoms with van der Waals surface area (Å²) in [6, 6.07) is 2.14. The first-order chi connectivity index (χ1) is 67.7. The summed E-state index contributed by atoms with van der Waals surface area (Å²) >= 11 is 14.6. The van der Waals surface area contributed by atoms with E-state index in [2.05, 4.69) is 57.6 Å². The van der Waals surface area contributed by atoms with Crippen LogP contribution in [0.25, 0.3) is 11.1 Å². The number of benzene rings is 6. The molecule has 774 valence electrons. The van der Waals surface area contributed by atoms with E-state index in [-0.39, 0.29) is 61.0 Å². The van der Waals surface area contributed by atoms with E-state index < -0.39 is 346 Å². The molecule has 47 nitrogen and oxygen atoms in total. The van der Waals surface area contributed by atoms with Crippen molar-refractivity contribution in [1.82, 2.24) is 57.0 Å². The first kappa shape index (κ1) is 108. The van der Waals surface area contributed by atoms with Gasteiger partial charge < -0.3 is 173 Å². The number of carboxylic acid groups (broad SMARTS) is 1. The lowest BCUT2D eigenvalue weighted by Crippen LogP contribution is -2.65. The Hall–Kier alpha value is -12.4. The summed E-state index contributed by atoms with van der Waals surface area (Å²) in [5, 5.41) is 184. The Morgan fingerprint density at radius 1 is 0.692 bits per heavy atom. The van der Waals surface area contributed by atoms with Crippen LogP contribution in [0.15, 0.2) is 114 Å². The Morgan fingerprint density at radius 3 is 1.92 bits per heavy atom. The molecule has 3 fully saturated rings. The largest absolute Gasteiger partial charge is 0.573 e. The number of fused-ring (bicyclic) bond motifs is 15. The second-order valence-electron chi connectivity index (χ2n) is 35.3. The number of aliphatic carboxylic acids is 1. The van der Waals surface area contributed by atoms with Crippen molar-refractivity contribution in [3.05, 3.63) is 169 Å². The highest BCUT2D eigenvalue weighted by atomic mass is 35.5. The molecule has 143 heavy (non-hydrogen) atoms. The molecule has 23 atom stereocenters. The highest BCUT2D eigenvalue weighted by Crippen LogP contribution is 2.52. The summed E-state index contributed by atoms with van der Waals surface area (Å²) in [7, 11) is 1.43. The van der Waals surface area contributed by atoms with Gasteiger partial charge in [-0.3, -0.25) is 47.8 Å². The number of aromatic hydroxyl groups is 3. The van der Waals surface area contributed by atoms with Gasteiger partial charge in [0.2, 0.25) is 53.4 Å². The highest BCUT2D eigenvalue weighted by Gasteiger charge is 2.54. The number of alkyl halides is 3. The minimum Gasteiger partial charge on any atom is -0.507 e. The number of aliphatic hydroxyl groups excluding tert-OH is 10. The number of likely N-dealkylation sites (N-methyl/N-ethyl adjacent to an activating group) is 1. The third kappa shape index (κ3) is 25.0. The van der Waals surface area contributed by atoms with Gasteiger partial charge in [0.05, 0.1) is 60.1 Å². The molecule has 7 aromatic rings. The molecular formula is C91H107Cl2F3N14O33. The number of nitrogens with two attached hydrogens (primary N) is 2. The average Bonchev–Trinajstić information content (AvgIpc) is 0.750. The molecule has 1 aromatic heterocycles. The lowest BCUT2D eigenvalue weighted by atomic mass is 9.86. The fourth-order valence-electron chi connectivity index (χ4n) is 17.1. The van der Waals surface area contributed by atoms with Crippen LogP contribution in [0.1, 0.15) is 121 Å². The lowest BCUT2D eigenvalue weighted by molar-refractivity contribution is -0.350. The van der Waals surface area contributed by atoms with Gasteiger partial charge in [0.25, 0.3) is 5.91 Å². The van der Waals surface area contributed by atoms with E-state index in [1.165, 1.54) is 44.1 Å². The summed E-state index contributed by atoms with van der Waals surface area (Å²) in [6.07, 6.45) is -34.7. The molecular weight excluding hydrogens is 1940 g/mol. The number of halogens is 5. The van der Waals surface area contributed by atoms with E-state index in [0.717, 1.165) is 95.6 Å². The van der Waals surface area contributed by atoms with Crippen LogP contribution in [-0.2, 0) is 75.1 Å². The van der Waals surface area contributed by atoms with Crippen LogP contribution in [-0.4, -0.2) is 308 Å². The molecule has 6 aromatic carbocycles. The maximum absolute atomic E-state index is 16.7. The number of nitrogens with zero attached hydrogens (tertiary/aromatic N) is 3. The molecule has 52 heteroatoms. The van der Waals surface area contributed by atoms with Crippen molar-refractivity contribution in [2.45, 2.75) is 206 Å². The minimum atomic E-state index is -5.00. The second kappa shape index (κ2) is 45.7. The molecule has 3 saturated heterocycles. The zero-order chi connectivity index (χ0) is 104. The number of hydrogen-bond acceptors (Lipinski definition) is 37. The number of hydrogen-bond donors (Lipinski definition) is 25. The number of phenols is 3. The van der Waals surface area contributed by atoms with Crippen molar-refractivity contribution in [2.24, 2.45) is 17.4 Å². The molecule has 8 aliphatic heterocycles. The number of carbonyl (C=O) groups excluding carboxylic acids is 8. The number of carbonyl (C=O) groups is 9. The molecule has 0 saturated carbocycles. The van der Waals surface area contributed by atoms with E-state index >= 15 is 24.0 Å². The van der Waals surface area contributed by atoms with E-state index in [4.69, 9.17) is 72.6 Å². The number of rotatable bonds is 29. The number of carboxylic acids is 1. The van der Waals surface area contributed by atoms with Gasteiger partial charge in [0.15, 0.2) is 30.1 Å². The van der Waals surface area contributed by atoms with Crippen molar-refractivity contribution in [3.63, 3.8) is 0 Å². The maximum atomic E-state index is 16.7. The van der Waals surface area contributed by atoms with Gasteiger partial charge in [0, 0.05) is 79.7 Å². The third-order valence-corrected chi connectivity index (χ3v) is 25.1. The molecule has 0 spiro atoms. The van der Waals surface area contributed by atoms with Crippen molar-refractivity contribution < 1.29 is 170 Å². The van der Waals surface area contributed by atoms with Crippen molar-refractivity contribution in [2.75, 3.05) is 58.4 Å². The fraction of sp³-hybridized carbons (Fsp3) is 0.462. The van der Waals surface area contributed by atoms with Crippen LogP contribution in [0.2, 0.25) is 10.0 Å². The number of nitrogens with one attached hydrogen (secondary N) is 9. The zero-order valence-corrected chi connectivity index (χ0v) is 78.1. The van der Waals surface area contributed by atoms with Crippen molar-refractivity contribution >= 4 is 82.2 Å². The monoisotopic (exact) mass is 2050 g/mol. The Bertz CT molecular complexity index is 5930. The quantitative estimate of drug-likeness (QED) is 0.0243. The van der Waals surface area contributed by atoms with Crippen LogP contribution in [0, 0.1) is 5.92 Å². The van der Waals surface area contributed by atoms with Crippen LogP contribution in [0.5, 0.6) is 51.7 Å². The standard InChI is InChI=1S/C91H107Cl2F3N14O33/c1-36(2)24-49(99-5)80(126)107-66-68(117)40-9-14-53(47(92)26-40)136-55-28-42-29-56(76(55)141-88-74(123)72(121)77(58(35-113)139-88)142-87-73(122)71(120)70(119)57(138-87)33-100-17-19-110-18-16-60(103-89(110)134)102-79(125)38-6-11-43(12-7-38)143-91(94,95)96)137-54-15-10-41(27-48(54)93)75(140-61-32-90(4,98)78(124)37(3)135-61)67-85(131)106-65(86(132)133)45-30-52(115)46(34-109(20-22-111)21-23-112)69(118)62(45)44-25-39(8-13-51(44)114)63(82(128)108-67)105-83(129)64(42)104-81(127)50(31-59(97)116)101-84(66)130/h6-16,18,25-30,36-37,49-50,57-58,61,63-68,70-75,77-78,87-88,99-100,111-115,117-124H,17,19-24,31-35,98H2,1-5H3,(H2,97,116)(H,101,130)(H,104,127)(H,105,129)(H,106,131)(H,107,126)(H,108,128)(H,132,133)(H,102,103,125,134)/t37-,49+,50-,57+,58+,61?,63+,64+,65+,66?,67-,68+,70-,71-,72+,73+,74+,75+,77+,78-,87-,88-,90-/m0/s1. The summed E-state index contributed by atoms with van der Waals surface area (Å²) in [4.78, 5) is 153. The summed E-state index contributed by atoms with van der Waals surface area (Å²) < 4.78 is 94.3. The van der Waals surface area contributed by atoms with Gasteiger partial charge in [-0.25, -0.2) is 9.59 Å². The number of phenolic OH excluding ortho intramolecular Hbond substituents is 3. The number of anilines is 1. The van der Waals surface area contributed by atoms with Gasteiger partial charge in [-0.15, -0.1) is 13.2 Å². The number of primary amides is 1. The topological polar surface area (TPSA) is 718 Å². The molecule has 15 rings (SSSR count). The predicted octanol–water partition coefficient (Wildman–Crippen LogP) is -1.28. The molecule has 0 radical (unpaired) electrons. The maximum Gasteiger partial charge on any atom is 0.573 e. The summed E-state index contributed by atoms with van der Waals surface area (Å²) in [6.45, 7) is 2.49. The van der Waals surface area contributed by atoms with E-state index in [1.54, 1.807) is 13.8 Å². The number of aliphatic hydroxyl groups is 10. The Balaban J connectivity index is 0.929. The molecule has 0 aliphatic carbocycles. The Kier molecular flexibility index (Phi) is 34.5. The molecule has 27 N–H and O–H groups in total. The number of ether oxygens (including phenoxy) is 9. The fourth-order valence-corrected chi connectivity index (χ4v) is 17.6. The van der Waals surface area contributed by atoms with Gasteiger partial charge in [0.1, 0.15) is 132 Å². The smallest absolute Gasteiger partial charge is 0.507 e. The van der Waals surface area contributed by atoms with Gasteiger partial charge in [-0.2, -0.15) is 4.98 Å². The molecule has 8 amide bonds. The first-order valence-electron chi connectivity index (χ1n) is 44.7. The van der Waals surface area contributed by atoms with Crippen LogP contribution < -0.4 is 84.0 Å². The lowest BCUT2D eigenvalue weighted by Gasteiger charge is -2.46. The molecule has 8 aliphatic rings. The SMILES string of the molecule is CN[C@H](CC(C)C)C(=O)NC1C(=O)N[C@@H](CC(N)=O)C(=O)N[C@H]2C(=O)N[C@H]3C(=O)N[C@H](C(=O)N[C@@H](C(=O)O)c4cc(O)c(CN(CCO)CCO)c(O)c4-c4cc3ccc4O)[C@H](OC3C[C@](C)(N)[C@@H](O)[C@H](C)O3)c3ccc(c(Cl)c3)Oc3cc2cc(c3O[C@@H]2O[C@H](CO)[C@@H](O[C@@H]3O[C@H](CNCCn4ccc(NC(=O)c5ccc(OC(F)(F)F)cc5)nc4=O)[C@H](O)[C@H](O)[C@H]3O)[C@H](O)[C@H]2O)Oc2ccc(cc2Cl)[C@H]1O. The van der Waals surface area contributed by atoms with Crippen LogP contribution in [0.3, 0.4) is 0 Å². The van der Waals surface area contributed by atoms with Crippen LogP contribution >= 0.6 is 23.2 Å². The highest BCUT2D eigenvalue weighted by molar-refractivity contribution is 6.32. The summed E-state index contributed by atoms with van der Waals surface area (Å²) in [5.74, 6) is -19.5. The first-order valence-corrected chi connectivity index (χ1v) is 45.5. The van der Waals surface area contributed by atoms with Gasteiger partial charge in [-0.1, -0.05) is 55.2 Å². The molecule has 2 unspecified atom stereocenters. The number of aromatic nitrogens is 2. The molecule has 11 bridgehead atoms.